The average molecular weight is 298 g/mol. The maximum atomic E-state index is 12.0. The normalized spacial score (nSPS) is 21.8. The molecule has 1 aliphatic rings. The first-order valence-corrected chi connectivity index (χ1v) is 7.21. The van der Waals surface area contributed by atoms with Gasteiger partial charge < -0.3 is 15.3 Å². The van der Waals surface area contributed by atoms with Gasteiger partial charge in [-0.15, -0.1) is 0 Å². The predicted molar refractivity (Wildman–Crippen MR) is 77.5 cm³/mol. The zero-order chi connectivity index (χ0) is 14.5. The van der Waals surface area contributed by atoms with Gasteiger partial charge >= 0.3 is 6.03 Å². The van der Waals surface area contributed by atoms with E-state index in [-0.39, 0.29) is 18.1 Å². The highest BCUT2D eigenvalue weighted by molar-refractivity contribution is 6.30. The summed E-state index contributed by atoms with van der Waals surface area (Å²) < 4.78 is 0. The number of halogens is 1. The van der Waals surface area contributed by atoms with E-state index >= 15 is 0 Å². The molecular formula is C14H20ClN3O2. The minimum absolute atomic E-state index is 0.152. The first-order valence-electron chi connectivity index (χ1n) is 6.83. The van der Waals surface area contributed by atoms with E-state index in [0.717, 1.165) is 25.0 Å². The summed E-state index contributed by atoms with van der Waals surface area (Å²) in [5.74, 6) is 0.194. The third-order valence-corrected chi connectivity index (χ3v) is 3.91. The summed E-state index contributed by atoms with van der Waals surface area (Å²) in [6, 6.07) is 3.37. The molecule has 20 heavy (non-hydrogen) atoms. The van der Waals surface area contributed by atoms with E-state index in [9.17, 15) is 9.90 Å². The molecule has 1 aromatic rings. The number of hydrogen-bond acceptors (Lipinski definition) is 3. The fourth-order valence-electron chi connectivity index (χ4n) is 2.48. The molecule has 0 saturated heterocycles. The quantitative estimate of drug-likeness (QED) is 0.894. The van der Waals surface area contributed by atoms with Crippen LogP contribution in [-0.4, -0.2) is 40.7 Å². The molecule has 1 heterocycles. The standard InChI is InChI=1S/C14H20ClN3O2/c1-18(9-10-3-2-4-13(10)19)14(20)17-8-12-6-5-11(15)7-16-12/h5-7,10,13,19H,2-4,8-9H2,1H3,(H,17,20). The van der Waals surface area contributed by atoms with Gasteiger partial charge in [-0.2, -0.15) is 0 Å². The fraction of sp³-hybridized carbons (Fsp3) is 0.571. The lowest BCUT2D eigenvalue weighted by Gasteiger charge is -2.23. The molecule has 2 amide bonds. The number of carbonyl (C=O) groups excluding carboxylic acids is 1. The van der Waals surface area contributed by atoms with Crippen molar-refractivity contribution >= 4 is 17.6 Å². The number of carbonyl (C=O) groups is 1. The van der Waals surface area contributed by atoms with Crippen molar-refractivity contribution in [3.05, 3.63) is 29.0 Å². The van der Waals surface area contributed by atoms with Crippen LogP contribution in [0.2, 0.25) is 5.02 Å². The molecule has 1 fully saturated rings. The van der Waals surface area contributed by atoms with E-state index in [4.69, 9.17) is 11.6 Å². The highest BCUT2D eigenvalue weighted by Gasteiger charge is 2.27. The maximum Gasteiger partial charge on any atom is 0.317 e. The summed E-state index contributed by atoms with van der Waals surface area (Å²) in [5.41, 5.74) is 0.761. The van der Waals surface area contributed by atoms with E-state index in [1.165, 1.54) is 0 Å². The Kier molecular flexibility index (Phi) is 5.20. The van der Waals surface area contributed by atoms with E-state index in [2.05, 4.69) is 10.3 Å². The van der Waals surface area contributed by atoms with Crippen molar-refractivity contribution in [3.63, 3.8) is 0 Å². The SMILES string of the molecule is CN(CC1CCCC1O)C(=O)NCc1ccc(Cl)cn1. The van der Waals surface area contributed by atoms with E-state index in [1.807, 2.05) is 0 Å². The topological polar surface area (TPSA) is 65.5 Å². The number of hydrogen-bond donors (Lipinski definition) is 2. The second kappa shape index (κ2) is 6.90. The highest BCUT2D eigenvalue weighted by atomic mass is 35.5. The summed E-state index contributed by atoms with van der Waals surface area (Å²) in [5, 5.41) is 13.2. The summed E-state index contributed by atoms with van der Waals surface area (Å²) in [6.45, 7) is 0.953. The van der Waals surface area contributed by atoms with Gasteiger partial charge in [0.2, 0.25) is 0 Å². The van der Waals surface area contributed by atoms with Gasteiger partial charge in [0.25, 0.3) is 0 Å². The molecule has 2 N–H and O–H groups in total. The number of aromatic nitrogens is 1. The number of amides is 2. The number of rotatable bonds is 4. The van der Waals surface area contributed by atoms with Crippen LogP contribution in [-0.2, 0) is 6.54 Å². The number of aliphatic hydroxyl groups is 1. The number of pyridine rings is 1. The molecule has 1 aliphatic carbocycles. The summed E-state index contributed by atoms with van der Waals surface area (Å²) in [4.78, 5) is 17.7. The molecule has 0 aromatic carbocycles. The van der Waals surface area contributed by atoms with Crippen molar-refractivity contribution in [3.8, 4) is 0 Å². The predicted octanol–water partition coefficient (Wildman–Crippen LogP) is 2.04. The molecule has 110 valence electrons. The maximum absolute atomic E-state index is 12.0. The van der Waals surface area contributed by atoms with E-state index < -0.39 is 0 Å². The zero-order valence-corrected chi connectivity index (χ0v) is 12.3. The Morgan fingerprint density at radius 2 is 2.35 bits per heavy atom. The number of aliphatic hydroxyl groups excluding tert-OH is 1. The number of urea groups is 1. The molecule has 6 heteroatoms. The van der Waals surface area contributed by atoms with Crippen LogP contribution in [0.25, 0.3) is 0 Å². The van der Waals surface area contributed by atoms with Gasteiger partial charge in [-0.25, -0.2) is 4.79 Å². The van der Waals surface area contributed by atoms with Gasteiger partial charge in [-0.05, 0) is 25.0 Å². The Labute approximate surface area is 123 Å². The molecule has 0 radical (unpaired) electrons. The van der Waals surface area contributed by atoms with Crippen LogP contribution < -0.4 is 5.32 Å². The largest absolute Gasteiger partial charge is 0.393 e. The molecule has 2 rings (SSSR count). The summed E-state index contributed by atoms with van der Waals surface area (Å²) in [6.07, 6.45) is 4.15. The van der Waals surface area contributed by atoms with Crippen LogP contribution >= 0.6 is 11.6 Å². The Bertz CT molecular complexity index is 452. The van der Waals surface area contributed by atoms with Gasteiger partial charge in [0.05, 0.1) is 23.4 Å². The van der Waals surface area contributed by atoms with Crippen LogP contribution in [0.15, 0.2) is 18.3 Å². The minimum Gasteiger partial charge on any atom is -0.393 e. The van der Waals surface area contributed by atoms with Crippen LogP contribution in [0.3, 0.4) is 0 Å². The Hall–Kier alpha value is -1.33. The molecule has 0 spiro atoms. The van der Waals surface area contributed by atoms with Gasteiger partial charge in [-0.3, -0.25) is 4.98 Å². The molecule has 0 bridgehead atoms. The third-order valence-electron chi connectivity index (χ3n) is 3.68. The van der Waals surface area contributed by atoms with Crippen LogP contribution in [0.1, 0.15) is 25.0 Å². The summed E-state index contributed by atoms with van der Waals surface area (Å²) >= 11 is 5.75. The van der Waals surface area contributed by atoms with Crippen molar-refractivity contribution in [2.45, 2.75) is 31.9 Å². The first kappa shape index (κ1) is 15.1. The molecule has 1 saturated carbocycles. The van der Waals surface area contributed by atoms with Crippen molar-refractivity contribution < 1.29 is 9.90 Å². The van der Waals surface area contributed by atoms with Crippen molar-refractivity contribution in [2.24, 2.45) is 5.92 Å². The molecule has 0 aliphatic heterocycles. The number of nitrogens with one attached hydrogen (secondary N) is 1. The second-order valence-electron chi connectivity index (χ2n) is 5.27. The molecule has 1 aromatic heterocycles. The highest BCUT2D eigenvalue weighted by Crippen LogP contribution is 2.25. The zero-order valence-electron chi connectivity index (χ0n) is 11.6. The summed E-state index contributed by atoms with van der Waals surface area (Å²) in [7, 11) is 1.75. The van der Waals surface area contributed by atoms with Gasteiger partial charge in [0.15, 0.2) is 0 Å². The molecular weight excluding hydrogens is 278 g/mol. The Morgan fingerprint density at radius 1 is 1.55 bits per heavy atom. The molecule has 2 atom stereocenters. The first-order chi connectivity index (χ1) is 9.56. The minimum atomic E-state index is -0.275. The van der Waals surface area contributed by atoms with Crippen molar-refractivity contribution in [2.75, 3.05) is 13.6 Å². The van der Waals surface area contributed by atoms with Crippen molar-refractivity contribution in [1.82, 2.24) is 15.2 Å². The second-order valence-corrected chi connectivity index (χ2v) is 5.70. The van der Waals surface area contributed by atoms with Crippen LogP contribution in [0, 0.1) is 5.92 Å². The molecule has 5 nitrogen and oxygen atoms in total. The van der Waals surface area contributed by atoms with E-state index in [0.29, 0.717) is 18.1 Å². The van der Waals surface area contributed by atoms with Crippen molar-refractivity contribution in [1.29, 1.82) is 0 Å². The third kappa shape index (κ3) is 4.08. The lowest BCUT2D eigenvalue weighted by Crippen LogP contribution is -2.41. The average Bonchev–Trinajstić information content (AvgIpc) is 2.83. The smallest absolute Gasteiger partial charge is 0.317 e. The lowest BCUT2D eigenvalue weighted by molar-refractivity contribution is 0.114. The molecule has 2 unspecified atom stereocenters. The monoisotopic (exact) mass is 297 g/mol. The van der Waals surface area contributed by atoms with Gasteiger partial charge in [0, 0.05) is 25.7 Å². The van der Waals surface area contributed by atoms with Gasteiger partial charge in [0.1, 0.15) is 0 Å². The fourth-order valence-corrected chi connectivity index (χ4v) is 2.59. The van der Waals surface area contributed by atoms with Crippen LogP contribution in [0.4, 0.5) is 4.79 Å². The lowest BCUT2D eigenvalue weighted by atomic mass is 10.1. The number of nitrogens with zero attached hydrogens (tertiary/aromatic N) is 2. The Morgan fingerprint density at radius 3 is 2.95 bits per heavy atom. The van der Waals surface area contributed by atoms with Gasteiger partial charge in [-0.1, -0.05) is 18.0 Å². The van der Waals surface area contributed by atoms with E-state index in [1.54, 1.807) is 30.3 Å². The Balaban J connectivity index is 1.77. The van der Waals surface area contributed by atoms with Crippen LogP contribution in [0.5, 0.6) is 0 Å².